The molecule has 2 aromatic rings. The normalized spacial score (nSPS) is 16.6. The van der Waals surface area contributed by atoms with Crippen molar-refractivity contribution in [3.05, 3.63) is 50.7 Å². The van der Waals surface area contributed by atoms with Crippen molar-refractivity contribution in [1.82, 2.24) is 19.7 Å². The first kappa shape index (κ1) is 21.6. The van der Waals surface area contributed by atoms with Gasteiger partial charge in [0.25, 0.3) is 17.0 Å². The summed E-state index contributed by atoms with van der Waals surface area (Å²) in [7, 11) is 3.03. The van der Waals surface area contributed by atoms with Crippen molar-refractivity contribution in [3.8, 4) is 5.75 Å². The number of hydrogen-bond acceptors (Lipinski definition) is 6. The molecule has 0 aliphatic carbocycles. The maximum absolute atomic E-state index is 12.8. The highest BCUT2D eigenvalue weighted by Gasteiger charge is 2.25. The third-order valence-electron chi connectivity index (χ3n) is 5.37. The van der Waals surface area contributed by atoms with E-state index in [0.29, 0.717) is 12.1 Å². The van der Waals surface area contributed by atoms with Crippen LogP contribution < -0.4 is 26.1 Å². The number of pyridine rings is 1. The van der Waals surface area contributed by atoms with Gasteiger partial charge in [0.05, 0.1) is 18.7 Å². The number of amides is 1. The number of nitrogens with zero attached hydrogens (tertiary/aromatic N) is 4. The van der Waals surface area contributed by atoms with E-state index in [1.807, 2.05) is 13.8 Å². The first-order valence-electron chi connectivity index (χ1n) is 10.2. The van der Waals surface area contributed by atoms with Crippen molar-refractivity contribution in [2.24, 2.45) is 7.05 Å². The quantitative estimate of drug-likeness (QED) is 0.764. The number of piperidine rings is 1. The number of hydrogen-bond donors (Lipinski definition) is 1. The first-order valence-corrected chi connectivity index (χ1v) is 10.2. The van der Waals surface area contributed by atoms with Crippen LogP contribution in [0.25, 0.3) is 0 Å². The minimum Gasteiger partial charge on any atom is -0.496 e. The second kappa shape index (κ2) is 9.15. The molecule has 2 aromatic heterocycles. The highest BCUT2D eigenvalue weighted by molar-refractivity contribution is 5.96. The van der Waals surface area contributed by atoms with Crippen LogP contribution in [0.15, 0.2) is 34.0 Å². The first-order chi connectivity index (χ1) is 14.3. The molecule has 9 nitrogen and oxygen atoms in total. The number of carbonyl (C=O) groups excluding carboxylic acids is 1. The van der Waals surface area contributed by atoms with Crippen molar-refractivity contribution < 1.29 is 9.53 Å². The molecule has 9 heteroatoms. The molecule has 1 aliphatic heterocycles. The van der Waals surface area contributed by atoms with Gasteiger partial charge in [-0.05, 0) is 39.2 Å². The molecule has 1 unspecified atom stereocenters. The largest absolute Gasteiger partial charge is 0.496 e. The van der Waals surface area contributed by atoms with Crippen LogP contribution in [-0.4, -0.2) is 46.5 Å². The van der Waals surface area contributed by atoms with Crippen molar-refractivity contribution >= 4 is 11.7 Å². The van der Waals surface area contributed by atoms with Crippen LogP contribution in [-0.2, 0) is 7.05 Å². The number of anilines is 1. The highest BCUT2D eigenvalue weighted by Crippen LogP contribution is 2.23. The lowest BCUT2D eigenvalue weighted by Gasteiger charge is -2.37. The van der Waals surface area contributed by atoms with E-state index < -0.39 is 0 Å². The molecular weight excluding hydrogens is 386 g/mol. The van der Waals surface area contributed by atoms with E-state index >= 15 is 0 Å². The van der Waals surface area contributed by atoms with E-state index in [9.17, 15) is 14.4 Å². The van der Waals surface area contributed by atoms with Crippen LogP contribution >= 0.6 is 0 Å². The van der Waals surface area contributed by atoms with E-state index in [1.165, 1.54) is 28.6 Å². The topological polar surface area (TPSA) is 98.5 Å². The second-order valence-electron chi connectivity index (χ2n) is 7.83. The Bertz CT molecular complexity index is 1030. The molecular formula is C21H29N5O4. The van der Waals surface area contributed by atoms with E-state index in [-0.39, 0.29) is 34.9 Å². The lowest BCUT2D eigenvalue weighted by Crippen LogP contribution is -2.48. The van der Waals surface area contributed by atoms with Crippen LogP contribution in [0.2, 0.25) is 0 Å². The zero-order valence-electron chi connectivity index (χ0n) is 17.9. The summed E-state index contributed by atoms with van der Waals surface area (Å²) in [5, 5.41) is 7.51. The van der Waals surface area contributed by atoms with Gasteiger partial charge in [0.2, 0.25) is 0 Å². The number of aromatic nitrogens is 3. The van der Waals surface area contributed by atoms with E-state index in [4.69, 9.17) is 4.74 Å². The number of nitrogens with one attached hydrogen (secondary N) is 1. The van der Waals surface area contributed by atoms with Gasteiger partial charge in [-0.1, -0.05) is 0 Å². The molecule has 3 heterocycles. The van der Waals surface area contributed by atoms with Crippen LogP contribution in [0, 0.1) is 0 Å². The fourth-order valence-electron chi connectivity index (χ4n) is 3.71. The fraction of sp³-hybridized carbons (Fsp3) is 0.524. The fourth-order valence-corrected chi connectivity index (χ4v) is 3.71. The summed E-state index contributed by atoms with van der Waals surface area (Å²) in [4.78, 5) is 38.8. The Kier molecular flexibility index (Phi) is 6.59. The van der Waals surface area contributed by atoms with E-state index in [2.05, 4.69) is 15.3 Å². The lowest BCUT2D eigenvalue weighted by molar-refractivity contribution is 0.0945. The van der Waals surface area contributed by atoms with Crippen LogP contribution in [0.3, 0.4) is 0 Å². The minimum atomic E-state index is -0.298. The molecule has 0 spiro atoms. The van der Waals surface area contributed by atoms with Gasteiger partial charge in [0.1, 0.15) is 11.6 Å². The third-order valence-corrected chi connectivity index (χ3v) is 5.37. The van der Waals surface area contributed by atoms with E-state index in [0.717, 1.165) is 31.6 Å². The molecule has 1 fully saturated rings. The monoisotopic (exact) mass is 415 g/mol. The molecule has 1 N–H and O–H groups in total. The molecule has 0 radical (unpaired) electrons. The second-order valence-corrected chi connectivity index (χ2v) is 7.83. The lowest BCUT2D eigenvalue weighted by atomic mass is 10.0. The Morgan fingerprint density at radius 3 is 2.73 bits per heavy atom. The summed E-state index contributed by atoms with van der Waals surface area (Å²) in [6, 6.07) is 4.63. The van der Waals surface area contributed by atoms with Crippen molar-refractivity contribution in [2.75, 3.05) is 25.1 Å². The zero-order chi connectivity index (χ0) is 21.8. The molecule has 1 atom stereocenters. The van der Waals surface area contributed by atoms with Gasteiger partial charge in [-0.2, -0.15) is 5.10 Å². The van der Waals surface area contributed by atoms with Gasteiger partial charge in [0, 0.05) is 44.5 Å². The van der Waals surface area contributed by atoms with Gasteiger partial charge in [0.15, 0.2) is 0 Å². The van der Waals surface area contributed by atoms with Gasteiger partial charge in [-0.3, -0.25) is 14.4 Å². The smallest absolute Gasteiger partial charge is 0.267 e. The predicted molar refractivity (Wildman–Crippen MR) is 114 cm³/mol. The standard InChI is InChI=1S/C21H29N5O4/c1-14(2)26-19(27)9-8-18(23-26)25-10-6-5-7-15(25)12-22-21(29)16-13-24(3)20(28)11-17(16)30-4/h8-9,11,13-15H,5-7,10,12H2,1-4H3,(H,22,29). The van der Waals surface area contributed by atoms with Crippen molar-refractivity contribution in [3.63, 3.8) is 0 Å². The summed E-state index contributed by atoms with van der Waals surface area (Å²) in [6.45, 7) is 5.08. The number of ether oxygens (including phenoxy) is 1. The molecule has 1 amide bonds. The molecule has 0 aromatic carbocycles. The zero-order valence-corrected chi connectivity index (χ0v) is 17.9. The Labute approximate surface area is 175 Å². The summed E-state index contributed by atoms with van der Waals surface area (Å²) < 4.78 is 8.04. The van der Waals surface area contributed by atoms with Gasteiger partial charge >= 0.3 is 0 Å². The molecule has 0 saturated carbocycles. The number of methoxy groups -OCH3 is 1. The molecule has 1 aliphatic rings. The summed E-state index contributed by atoms with van der Waals surface area (Å²) in [5.74, 6) is 0.691. The Hall–Kier alpha value is -3.10. The summed E-state index contributed by atoms with van der Waals surface area (Å²) in [5.41, 5.74) is -0.0564. The maximum Gasteiger partial charge on any atom is 0.267 e. The molecule has 1 saturated heterocycles. The number of aryl methyl sites for hydroxylation is 1. The Morgan fingerprint density at radius 1 is 1.27 bits per heavy atom. The molecule has 3 rings (SSSR count). The Balaban J connectivity index is 1.78. The third kappa shape index (κ3) is 4.55. The van der Waals surface area contributed by atoms with Crippen LogP contribution in [0.4, 0.5) is 5.82 Å². The number of rotatable bonds is 6. The number of carbonyl (C=O) groups is 1. The van der Waals surface area contributed by atoms with Crippen molar-refractivity contribution in [1.29, 1.82) is 0 Å². The van der Waals surface area contributed by atoms with Crippen LogP contribution in [0.5, 0.6) is 5.75 Å². The average molecular weight is 415 g/mol. The van der Waals surface area contributed by atoms with E-state index in [1.54, 1.807) is 19.2 Å². The molecule has 30 heavy (non-hydrogen) atoms. The van der Waals surface area contributed by atoms with Gasteiger partial charge in [-0.15, -0.1) is 0 Å². The molecule has 0 bridgehead atoms. The Morgan fingerprint density at radius 2 is 2.03 bits per heavy atom. The summed E-state index contributed by atoms with van der Waals surface area (Å²) >= 11 is 0. The average Bonchev–Trinajstić information content (AvgIpc) is 2.74. The minimum absolute atomic E-state index is 0.0300. The van der Waals surface area contributed by atoms with Gasteiger partial charge in [-0.25, -0.2) is 4.68 Å². The summed E-state index contributed by atoms with van der Waals surface area (Å²) in [6.07, 6.45) is 4.48. The maximum atomic E-state index is 12.8. The van der Waals surface area contributed by atoms with Crippen molar-refractivity contribution in [2.45, 2.75) is 45.2 Å². The molecule has 162 valence electrons. The SMILES string of the molecule is COc1cc(=O)n(C)cc1C(=O)NCC1CCCCN1c1ccc(=O)n(C(C)C)n1. The van der Waals surface area contributed by atoms with Crippen LogP contribution in [0.1, 0.15) is 49.5 Å². The highest BCUT2D eigenvalue weighted by atomic mass is 16.5. The predicted octanol–water partition coefficient (Wildman–Crippen LogP) is 1.32. The van der Waals surface area contributed by atoms with Gasteiger partial charge < -0.3 is 19.5 Å².